The predicted molar refractivity (Wildman–Crippen MR) is 82.6 cm³/mol. The highest BCUT2D eigenvalue weighted by molar-refractivity contribution is 5.90. The van der Waals surface area contributed by atoms with Crippen LogP contribution in [0.4, 0.5) is 5.69 Å². The molecule has 2 aromatic rings. The van der Waals surface area contributed by atoms with E-state index in [-0.39, 0.29) is 5.41 Å². The lowest BCUT2D eigenvalue weighted by Crippen LogP contribution is -2.28. The van der Waals surface area contributed by atoms with Crippen LogP contribution in [0, 0.1) is 5.41 Å². The fourth-order valence-electron chi connectivity index (χ4n) is 1.73. The number of benzene rings is 2. The SMILES string of the molecule is CC(C)(C)C(N)=Nc1ccccc1-c1ccccc1. The van der Waals surface area contributed by atoms with Gasteiger partial charge in [0.05, 0.1) is 5.69 Å². The van der Waals surface area contributed by atoms with Crippen molar-refractivity contribution in [2.75, 3.05) is 0 Å². The molecule has 19 heavy (non-hydrogen) atoms. The summed E-state index contributed by atoms with van der Waals surface area (Å²) in [6.45, 7) is 6.20. The molecule has 0 fully saturated rings. The molecular weight excluding hydrogens is 232 g/mol. The van der Waals surface area contributed by atoms with Gasteiger partial charge in [-0.15, -0.1) is 0 Å². The predicted octanol–water partition coefficient (Wildman–Crippen LogP) is 4.39. The van der Waals surface area contributed by atoms with Gasteiger partial charge in [0.2, 0.25) is 0 Å². The molecule has 2 heteroatoms. The first-order valence-corrected chi connectivity index (χ1v) is 6.47. The Morgan fingerprint density at radius 2 is 1.47 bits per heavy atom. The van der Waals surface area contributed by atoms with Crippen molar-refractivity contribution in [2.45, 2.75) is 20.8 Å². The second-order valence-corrected chi connectivity index (χ2v) is 5.63. The van der Waals surface area contributed by atoms with E-state index >= 15 is 0 Å². The van der Waals surface area contributed by atoms with Crippen LogP contribution >= 0.6 is 0 Å². The quantitative estimate of drug-likeness (QED) is 0.625. The van der Waals surface area contributed by atoms with Gasteiger partial charge in [0.15, 0.2) is 0 Å². The number of nitrogens with zero attached hydrogens (tertiary/aromatic N) is 1. The molecule has 0 heterocycles. The van der Waals surface area contributed by atoms with Crippen molar-refractivity contribution >= 4 is 11.5 Å². The van der Waals surface area contributed by atoms with Crippen LogP contribution in [0.2, 0.25) is 0 Å². The van der Waals surface area contributed by atoms with Gasteiger partial charge < -0.3 is 5.73 Å². The number of hydrogen-bond acceptors (Lipinski definition) is 1. The summed E-state index contributed by atoms with van der Waals surface area (Å²) < 4.78 is 0. The lowest BCUT2D eigenvalue weighted by molar-refractivity contribution is 0.585. The van der Waals surface area contributed by atoms with E-state index in [1.807, 2.05) is 36.4 Å². The molecule has 0 atom stereocenters. The fourth-order valence-corrected chi connectivity index (χ4v) is 1.73. The minimum absolute atomic E-state index is 0.121. The van der Waals surface area contributed by atoms with Gasteiger partial charge >= 0.3 is 0 Å². The van der Waals surface area contributed by atoms with E-state index in [1.165, 1.54) is 0 Å². The van der Waals surface area contributed by atoms with Crippen LogP contribution in [-0.2, 0) is 0 Å². The number of para-hydroxylation sites is 1. The van der Waals surface area contributed by atoms with Crippen molar-refractivity contribution in [3.05, 3.63) is 54.6 Å². The first kappa shape index (κ1) is 13.3. The van der Waals surface area contributed by atoms with Gasteiger partial charge in [-0.25, -0.2) is 4.99 Å². The maximum Gasteiger partial charge on any atom is 0.105 e. The van der Waals surface area contributed by atoms with E-state index in [9.17, 15) is 0 Å². The standard InChI is InChI=1S/C17H20N2/c1-17(2,3)16(18)19-15-12-8-7-11-14(15)13-9-5-4-6-10-13/h4-12H,1-3H3,(H2,18,19). The van der Waals surface area contributed by atoms with Gasteiger partial charge in [-0.2, -0.15) is 0 Å². The van der Waals surface area contributed by atoms with E-state index in [0.29, 0.717) is 5.84 Å². The summed E-state index contributed by atoms with van der Waals surface area (Å²) >= 11 is 0. The Bertz CT molecular complexity index is 578. The first-order chi connectivity index (χ1) is 8.98. The summed E-state index contributed by atoms with van der Waals surface area (Å²) in [7, 11) is 0. The van der Waals surface area contributed by atoms with Gasteiger partial charge in [0.25, 0.3) is 0 Å². The molecule has 0 saturated heterocycles. The van der Waals surface area contributed by atoms with Crippen molar-refractivity contribution in [1.82, 2.24) is 0 Å². The van der Waals surface area contributed by atoms with Crippen LogP contribution < -0.4 is 5.73 Å². The number of nitrogens with two attached hydrogens (primary N) is 1. The Kier molecular flexibility index (Phi) is 3.70. The fraction of sp³-hybridized carbons (Fsp3) is 0.235. The molecule has 0 aliphatic carbocycles. The number of rotatable bonds is 2. The molecule has 0 spiro atoms. The molecule has 98 valence electrons. The van der Waals surface area contributed by atoms with Crippen molar-refractivity contribution in [3.63, 3.8) is 0 Å². The van der Waals surface area contributed by atoms with Gasteiger partial charge in [0.1, 0.15) is 5.84 Å². The average molecular weight is 252 g/mol. The van der Waals surface area contributed by atoms with Crippen molar-refractivity contribution in [2.24, 2.45) is 16.1 Å². The van der Waals surface area contributed by atoms with Gasteiger partial charge in [-0.3, -0.25) is 0 Å². The molecule has 0 unspecified atom stereocenters. The van der Waals surface area contributed by atoms with Gasteiger partial charge in [-0.05, 0) is 11.6 Å². The second-order valence-electron chi connectivity index (χ2n) is 5.63. The van der Waals surface area contributed by atoms with E-state index in [0.717, 1.165) is 16.8 Å². The van der Waals surface area contributed by atoms with E-state index in [2.05, 4.69) is 44.0 Å². The maximum absolute atomic E-state index is 6.08. The molecule has 0 aromatic heterocycles. The van der Waals surface area contributed by atoms with Crippen LogP contribution in [-0.4, -0.2) is 5.84 Å². The summed E-state index contributed by atoms with van der Waals surface area (Å²) in [4.78, 5) is 4.60. The Balaban J connectivity index is 2.49. The summed E-state index contributed by atoms with van der Waals surface area (Å²) in [6, 6.07) is 18.3. The number of aliphatic imine (C=N–C) groups is 1. The van der Waals surface area contributed by atoms with Crippen LogP contribution in [0.1, 0.15) is 20.8 Å². The van der Waals surface area contributed by atoms with E-state index < -0.39 is 0 Å². The molecule has 0 bridgehead atoms. The Morgan fingerprint density at radius 1 is 0.895 bits per heavy atom. The number of hydrogen-bond donors (Lipinski definition) is 1. The maximum atomic E-state index is 6.08. The molecule has 2 rings (SSSR count). The molecule has 2 aromatic carbocycles. The highest BCUT2D eigenvalue weighted by atomic mass is 14.9. The minimum atomic E-state index is -0.121. The normalized spacial score (nSPS) is 12.5. The Morgan fingerprint density at radius 3 is 2.11 bits per heavy atom. The summed E-state index contributed by atoms with van der Waals surface area (Å²) in [5, 5.41) is 0. The van der Waals surface area contributed by atoms with Crippen molar-refractivity contribution < 1.29 is 0 Å². The molecular formula is C17H20N2. The third-order valence-corrected chi connectivity index (χ3v) is 3.00. The summed E-state index contributed by atoms with van der Waals surface area (Å²) in [5.74, 6) is 0.649. The minimum Gasteiger partial charge on any atom is -0.387 e. The largest absolute Gasteiger partial charge is 0.387 e. The van der Waals surface area contributed by atoms with Crippen molar-refractivity contribution in [3.8, 4) is 11.1 Å². The zero-order valence-electron chi connectivity index (χ0n) is 11.7. The van der Waals surface area contributed by atoms with Crippen LogP contribution in [0.3, 0.4) is 0 Å². The number of amidine groups is 1. The molecule has 0 aliphatic rings. The molecule has 2 N–H and O–H groups in total. The van der Waals surface area contributed by atoms with Crippen LogP contribution in [0.5, 0.6) is 0 Å². The molecule has 0 amide bonds. The molecule has 0 saturated carbocycles. The lowest BCUT2D eigenvalue weighted by Gasteiger charge is -2.18. The third-order valence-electron chi connectivity index (χ3n) is 3.00. The lowest BCUT2D eigenvalue weighted by atomic mass is 9.95. The van der Waals surface area contributed by atoms with Crippen molar-refractivity contribution in [1.29, 1.82) is 0 Å². The first-order valence-electron chi connectivity index (χ1n) is 6.47. The van der Waals surface area contributed by atoms with Crippen LogP contribution in [0.15, 0.2) is 59.6 Å². The van der Waals surface area contributed by atoms with Crippen LogP contribution in [0.25, 0.3) is 11.1 Å². The Labute approximate surface area is 115 Å². The average Bonchev–Trinajstić information content (AvgIpc) is 2.39. The highest BCUT2D eigenvalue weighted by Crippen LogP contribution is 2.30. The Hall–Kier alpha value is -2.09. The van der Waals surface area contributed by atoms with Gasteiger partial charge in [0, 0.05) is 11.0 Å². The third kappa shape index (κ3) is 3.22. The smallest absolute Gasteiger partial charge is 0.105 e. The molecule has 0 aliphatic heterocycles. The topological polar surface area (TPSA) is 38.4 Å². The zero-order valence-corrected chi connectivity index (χ0v) is 11.7. The molecule has 2 nitrogen and oxygen atoms in total. The highest BCUT2D eigenvalue weighted by Gasteiger charge is 2.16. The van der Waals surface area contributed by atoms with E-state index in [1.54, 1.807) is 0 Å². The second kappa shape index (κ2) is 5.27. The zero-order chi connectivity index (χ0) is 13.9. The summed E-state index contributed by atoms with van der Waals surface area (Å²) in [5.41, 5.74) is 9.14. The van der Waals surface area contributed by atoms with Gasteiger partial charge in [-0.1, -0.05) is 69.3 Å². The monoisotopic (exact) mass is 252 g/mol. The molecule has 0 radical (unpaired) electrons. The summed E-state index contributed by atoms with van der Waals surface area (Å²) in [6.07, 6.45) is 0. The van der Waals surface area contributed by atoms with E-state index in [4.69, 9.17) is 5.73 Å².